The molecule has 1 N–H and O–H groups in total. The minimum Gasteiger partial charge on any atom is -0.496 e. The van der Waals surface area contributed by atoms with Gasteiger partial charge in [0.1, 0.15) is 5.75 Å². The van der Waals surface area contributed by atoms with Crippen LogP contribution in [0.1, 0.15) is 15.9 Å². The molecule has 23 heavy (non-hydrogen) atoms. The molecule has 0 aliphatic carbocycles. The maximum atomic E-state index is 12.2. The lowest BCUT2D eigenvalue weighted by molar-refractivity contribution is 0.0950. The summed E-state index contributed by atoms with van der Waals surface area (Å²) in [5.74, 6) is 0.649. The molecule has 3 rings (SSSR count). The minimum atomic E-state index is -0.118. The molecule has 0 saturated carbocycles. The molecule has 1 aromatic heterocycles. The summed E-state index contributed by atoms with van der Waals surface area (Å²) >= 11 is 0. The fraction of sp³-hybridized carbons (Fsp3) is 0.111. The van der Waals surface area contributed by atoms with E-state index < -0.39 is 0 Å². The van der Waals surface area contributed by atoms with Crippen LogP contribution in [-0.2, 0) is 6.54 Å². The Morgan fingerprint density at radius 2 is 1.96 bits per heavy atom. The van der Waals surface area contributed by atoms with E-state index in [1.807, 2.05) is 47.2 Å². The molecule has 5 heteroatoms. The quantitative estimate of drug-likeness (QED) is 0.788. The van der Waals surface area contributed by atoms with Gasteiger partial charge in [0.05, 0.1) is 13.4 Å². The first-order chi connectivity index (χ1) is 11.3. The minimum absolute atomic E-state index is 0.118. The number of amides is 1. The summed E-state index contributed by atoms with van der Waals surface area (Å²) in [5.41, 5.74) is 2.52. The highest BCUT2D eigenvalue weighted by atomic mass is 16.5. The largest absolute Gasteiger partial charge is 0.496 e. The van der Waals surface area contributed by atoms with E-state index in [0.717, 1.165) is 17.0 Å². The SMILES string of the molecule is COc1ccccc1CNC(=O)c1ccc(-n2ccnc2)cc1. The molecule has 0 aliphatic heterocycles. The summed E-state index contributed by atoms with van der Waals surface area (Å²) in [7, 11) is 1.62. The van der Waals surface area contributed by atoms with Crippen LogP contribution < -0.4 is 10.1 Å². The number of carbonyl (C=O) groups excluding carboxylic acids is 1. The number of benzene rings is 2. The van der Waals surface area contributed by atoms with Crippen LogP contribution in [0.15, 0.2) is 67.3 Å². The van der Waals surface area contributed by atoms with E-state index in [1.54, 1.807) is 31.8 Å². The number of nitrogens with one attached hydrogen (secondary N) is 1. The number of hydrogen-bond acceptors (Lipinski definition) is 3. The Labute approximate surface area is 134 Å². The first-order valence-corrected chi connectivity index (χ1v) is 7.26. The highest BCUT2D eigenvalue weighted by Crippen LogP contribution is 2.17. The molecular weight excluding hydrogens is 290 g/mol. The van der Waals surface area contributed by atoms with Gasteiger partial charge in [-0.05, 0) is 30.3 Å². The monoisotopic (exact) mass is 307 g/mol. The van der Waals surface area contributed by atoms with Crippen molar-refractivity contribution in [2.24, 2.45) is 0 Å². The van der Waals surface area contributed by atoms with Gasteiger partial charge in [-0.1, -0.05) is 18.2 Å². The number of nitrogens with zero attached hydrogens (tertiary/aromatic N) is 2. The van der Waals surface area contributed by atoms with Gasteiger partial charge in [-0.3, -0.25) is 4.79 Å². The highest BCUT2D eigenvalue weighted by molar-refractivity contribution is 5.94. The summed E-state index contributed by atoms with van der Waals surface area (Å²) < 4.78 is 7.17. The molecule has 5 nitrogen and oxygen atoms in total. The second-order valence-electron chi connectivity index (χ2n) is 5.01. The molecular formula is C18H17N3O2. The molecule has 0 atom stereocenters. The Bertz CT molecular complexity index is 780. The first kappa shape index (κ1) is 14.8. The molecule has 1 amide bonds. The van der Waals surface area contributed by atoms with Crippen LogP contribution in [0.5, 0.6) is 5.75 Å². The van der Waals surface area contributed by atoms with Crippen molar-refractivity contribution in [1.82, 2.24) is 14.9 Å². The number of aromatic nitrogens is 2. The van der Waals surface area contributed by atoms with Crippen molar-refractivity contribution in [3.05, 3.63) is 78.4 Å². The Balaban J connectivity index is 1.66. The predicted molar refractivity (Wildman–Crippen MR) is 87.7 cm³/mol. The number of hydrogen-bond donors (Lipinski definition) is 1. The number of para-hydroxylation sites is 1. The van der Waals surface area contributed by atoms with E-state index >= 15 is 0 Å². The van der Waals surface area contributed by atoms with Gasteiger partial charge >= 0.3 is 0 Å². The maximum absolute atomic E-state index is 12.2. The van der Waals surface area contributed by atoms with Gasteiger partial charge in [0.15, 0.2) is 0 Å². The van der Waals surface area contributed by atoms with Crippen LogP contribution in [0.25, 0.3) is 5.69 Å². The number of carbonyl (C=O) groups is 1. The summed E-state index contributed by atoms with van der Waals surface area (Å²) in [6.07, 6.45) is 5.29. The van der Waals surface area contributed by atoms with Crippen molar-refractivity contribution < 1.29 is 9.53 Å². The van der Waals surface area contributed by atoms with Crippen molar-refractivity contribution >= 4 is 5.91 Å². The normalized spacial score (nSPS) is 10.3. The van der Waals surface area contributed by atoms with Gasteiger partial charge in [0.25, 0.3) is 5.91 Å². The highest BCUT2D eigenvalue weighted by Gasteiger charge is 2.07. The summed E-state index contributed by atoms with van der Waals surface area (Å²) in [4.78, 5) is 16.3. The van der Waals surface area contributed by atoms with Crippen LogP contribution in [0.3, 0.4) is 0 Å². The van der Waals surface area contributed by atoms with Crippen LogP contribution in [0, 0.1) is 0 Å². The third-order valence-corrected chi connectivity index (χ3v) is 3.56. The van der Waals surface area contributed by atoms with Crippen LogP contribution in [0.2, 0.25) is 0 Å². The molecule has 0 fully saturated rings. The second kappa shape index (κ2) is 6.79. The molecule has 3 aromatic rings. The topological polar surface area (TPSA) is 56.1 Å². The number of methoxy groups -OCH3 is 1. The smallest absolute Gasteiger partial charge is 0.251 e. The van der Waals surface area contributed by atoms with Gasteiger partial charge in [0.2, 0.25) is 0 Å². The lowest BCUT2D eigenvalue weighted by Gasteiger charge is -2.10. The molecule has 0 saturated heterocycles. The molecule has 0 aliphatic rings. The summed E-state index contributed by atoms with van der Waals surface area (Å²) in [6, 6.07) is 15.0. The molecule has 2 aromatic carbocycles. The third-order valence-electron chi connectivity index (χ3n) is 3.56. The van der Waals surface area contributed by atoms with Crippen molar-refractivity contribution in [2.75, 3.05) is 7.11 Å². The Morgan fingerprint density at radius 3 is 2.65 bits per heavy atom. The average Bonchev–Trinajstić information content (AvgIpc) is 3.14. The molecule has 1 heterocycles. The van der Waals surface area contributed by atoms with Crippen LogP contribution >= 0.6 is 0 Å². The van der Waals surface area contributed by atoms with E-state index in [-0.39, 0.29) is 5.91 Å². The summed E-state index contributed by atoms with van der Waals surface area (Å²) in [6.45, 7) is 0.423. The second-order valence-corrected chi connectivity index (χ2v) is 5.01. The van der Waals surface area contributed by atoms with Crippen molar-refractivity contribution in [2.45, 2.75) is 6.54 Å². The molecule has 0 spiro atoms. The van der Waals surface area contributed by atoms with Crippen molar-refractivity contribution in [3.8, 4) is 11.4 Å². The Morgan fingerprint density at radius 1 is 1.17 bits per heavy atom. The fourth-order valence-corrected chi connectivity index (χ4v) is 2.32. The Kier molecular flexibility index (Phi) is 4.38. The number of ether oxygens (including phenoxy) is 1. The zero-order valence-corrected chi connectivity index (χ0v) is 12.8. The average molecular weight is 307 g/mol. The van der Waals surface area contributed by atoms with Crippen LogP contribution in [-0.4, -0.2) is 22.6 Å². The lowest BCUT2D eigenvalue weighted by Crippen LogP contribution is -2.23. The fourth-order valence-electron chi connectivity index (χ4n) is 2.32. The zero-order chi connectivity index (χ0) is 16.1. The Hall–Kier alpha value is -3.08. The molecule has 0 unspecified atom stereocenters. The van der Waals surface area contributed by atoms with E-state index in [4.69, 9.17) is 4.74 Å². The molecule has 0 radical (unpaired) electrons. The maximum Gasteiger partial charge on any atom is 0.251 e. The standard InChI is InChI=1S/C18H17N3O2/c1-23-17-5-3-2-4-15(17)12-20-18(22)14-6-8-16(9-7-14)21-11-10-19-13-21/h2-11,13H,12H2,1H3,(H,20,22). The van der Waals surface area contributed by atoms with E-state index in [9.17, 15) is 4.79 Å². The van der Waals surface area contributed by atoms with Gasteiger partial charge in [-0.25, -0.2) is 4.98 Å². The molecule has 0 bridgehead atoms. The predicted octanol–water partition coefficient (Wildman–Crippen LogP) is 2.81. The lowest BCUT2D eigenvalue weighted by atomic mass is 10.1. The van der Waals surface area contributed by atoms with Crippen LogP contribution in [0.4, 0.5) is 0 Å². The first-order valence-electron chi connectivity index (χ1n) is 7.26. The van der Waals surface area contributed by atoms with Gasteiger partial charge in [-0.15, -0.1) is 0 Å². The van der Waals surface area contributed by atoms with E-state index in [1.165, 1.54) is 0 Å². The van der Waals surface area contributed by atoms with E-state index in [0.29, 0.717) is 12.1 Å². The van der Waals surface area contributed by atoms with Crippen molar-refractivity contribution in [1.29, 1.82) is 0 Å². The number of rotatable bonds is 5. The van der Waals surface area contributed by atoms with Gasteiger partial charge < -0.3 is 14.6 Å². The van der Waals surface area contributed by atoms with Crippen molar-refractivity contribution in [3.63, 3.8) is 0 Å². The van der Waals surface area contributed by atoms with Gasteiger partial charge in [0, 0.05) is 35.8 Å². The number of imidazole rings is 1. The van der Waals surface area contributed by atoms with E-state index in [2.05, 4.69) is 10.3 Å². The third kappa shape index (κ3) is 3.40. The van der Waals surface area contributed by atoms with Gasteiger partial charge in [-0.2, -0.15) is 0 Å². The summed E-state index contributed by atoms with van der Waals surface area (Å²) in [5, 5.41) is 2.91. The zero-order valence-electron chi connectivity index (χ0n) is 12.8. The molecule has 116 valence electrons.